The molecule has 4 nitrogen and oxygen atoms in total. The van der Waals surface area contributed by atoms with Gasteiger partial charge in [-0.05, 0) is 44.7 Å². The Morgan fingerprint density at radius 1 is 1.26 bits per heavy atom. The predicted molar refractivity (Wildman–Crippen MR) is 113 cm³/mol. The van der Waals surface area contributed by atoms with Gasteiger partial charge in [0.25, 0.3) is 5.91 Å². The summed E-state index contributed by atoms with van der Waals surface area (Å²) >= 11 is 3.14. The zero-order chi connectivity index (χ0) is 19.6. The van der Waals surface area contributed by atoms with E-state index in [0.717, 1.165) is 10.4 Å². The third-order valence-corrected chi connectivity index (χ3v) is 7.02. The van der Waals surface area contributed by atoms with Crippen LogP contribution in [0.25, 0.3) is 0 Å². The molecule has 6 heteroatoms. The minimum Gasteiger partial charge on any atom is -0.334 e. The fraction of sp³-hybridized carbons (Fsp3) is 0.429. The van der Waals surface area contributed by atoms with Crippen LogP contribution >= 0.6 is 23.1 Å². The Hall–Kier alpha value is -1.79. The average Bonchev–Trinajstić information content (AvgIpc) is 3.25. The molecule has 1 fully saturated rings. The number of carbonyl (C=O) groups excluding carboxylic acids is 2. The van der Waals surface area contributed by atoms with Gasteiger partial charge in [0.15, 0.2) is 0 Å². The highest BCUT2D eigenvalue weighted by Gasteiger charge is 2.38. The maximum absolute atomic E-state index is 12.8. The smallest absolute Gasteiger partial charge is 0.264 e. The highest BCUT2D eigenvalue weighted by Crippen LogP contribution is 2.42. The second-order valence-corrected chi connectivity index (χ2v) is 9.52. The summed E-state index contributed by atoms with van der Waals surface area (Å²) in [6, 6.07) is 12.2. The number of carbonyl (C=O) groups is 2. The molecule has 1 aliphatic rings. The first-order chi connectivity index (χ1) is 12.9. The van der Waals surface area contributed by atoms with Crippen LogP contribution in [0.4, 0.5) is 0 Å². The van der Waals surface area contributed by atoms with E-state index in [1.54, 1.807) is 11.8 Å². The number of amides is 2. The monoisotopic (exact) mass is 402 g/mol. The minimum absolute atomic E-state index is 0.0123. The van der Waals surface area contributed by atoms with Gasteiger partial charge in [0.1, 0.15) is 5.37 Å². The van der Waals surface area contributed by atoms with Crippen molar-refractivity contribution in [1.29, 1.82) is 0 Å². The van der Waals surface area contributed by atoms with Crippen LogP contribution in [0.15, 0.2) is 41.8 Å². The maximum Gasteiger partial charge on any atom is 0.264 e. The van der Waals surface area contributed by atoms with Gasteiger partial charge in [0, 0.05) is 19.1 Å². The number of nitrogens with zero attached hydrogens (tertiary/aromatic N) is 2. The fourth-order valence-corrected chi connectivity index (χ4v) is 5.31. The molecule has 2 atom stereocenters. The molecule has 1 aromatic heterocycles. The molecular formula is C21H26N2O2S2. The zero-order valence-electron chi connectivity index (χ0n) is 16.2. The number of thiophene rings is 1. The lowest BCUT2D eigenvalue weighted by Gasteiger charge is -2.31. The molecule has 2 unspecified atom stereocenters. The van der Waals surface area contributed by atoms with Crippen molar-refractivity contribution in [2.45, 2.75) is 44.4 Å². The van der Waals surface area contributed by atoms with E-state index < -0.39 is 0 Å². The van der Waals surface area contributed by atoms with Gasteiger partial charge < -0.3 is 9.80 Å². The highest BCUT2D eigenvalue weighted by molar-refractivity contribution is 8.01. The Labute approximate surface area is 169 Å². The molecule has 0 radical (unpaired) electrons. The second kappa shape index (κ2) is 8.48. The van der Waals surface area contributed by atoms with Gasteiger partial charge in [-0.25, -0.2) is 0 Å². The van der Waals surface area contributed by atoms with Crippen molar-refractivity contribution in [2.24, 2.45) is 0 Å². The Morgan fingerprint density at radius 3 is 2.67 bits per heavy atom. The molecular weight excluding hydrogens is 376 g/mol. The number of aryl methyl sites for hydroxylation is 1. The quantitative estimate of drug-likeness (QED) is 0.711. The van der Waals surface area contributed by atoms with Gasteiger partial charge >= 0.3 is 0 Å². The first-order valence-electron chi connectivity index (χ1n) is 9.25. The normalized spacial score (nSPS) is 19.7. The number of hydrogen-bond acceptors (Lipinski definition) is 4. The fourth-order valence-electron chi connectivity index (χ4n) is 3.34. The lowest BCUT2D eigenvalue weighted by atomic mass is 10.1. The highest BCUT2D eigenvalue weighted by atomic mass is 32.2. The molecule has 0 spiro atoms. The molecule has 1 saturated heterocycles. The van der Waals surface area contributed by atoms with E-state index in [1.165, 1.54) is 16.9 Å². The van der Waals surface area contributed by atoms with Crippen LogP contribution < -0.4 is 0 Å². The van der Waals surface area contributed by atoms with Crippen molar-refractivity contribution in [3.8, 4) is 0 Å². The minimum atomic E-state index is -0.0593. The summed E-state index contributed by atoms with van der Waals surface area (Å²) in [6.07, 6.45) is 0. The Bertz CT molecular complexity index is 804. The number of hydrogen-bond donors (Lipinski definition) is 0. The van der Waals surface area contributed by atoms with E-state index in [0.29, 0.717) is 13.1 Å². The van der Waals surface area contributed by atoms with Crippen molar-refractivity contribution in [3.63, 3.8) is 0 Å². The summed E-state index contributed by atoms with van der Waals surface area (Å²) in [4.78, 5) is 30.1. The SMILES string of the molecule is Cc1cccc(C2SC(C)C(=O)N2CCN(C(=O)c2cccs2)C(C)C)c1. The van der Waals surface area contributed by atoms with Gasteiger partial charge in [0.05, 0.1) is 10.1 Å². The molecule has 1 aliphatic heterocycles. The Balaban J connectivity index is 1.76. The molecule has 0 bridgehead atoms. The van der Waals surface area contributed by atoms with Crippen LogP contribution in [0, 0.1) is 6.92 Å². The van der Waals surface area contributed by atoms with Crippen LogP contribution in [-0.2, 0) is 4.79 Å². The predicted octanol–water partition coefficient (Wildman–Crippen LogP) is 4.57. The van der Waals surface area contributed by atoms with E-state index in [2.05, 4.69) is 25.1 Å². The third-order valence-electron chi connectivity index (χ3n) is 4.77. The molecule has 2 aromatic rings. The van der Waals surface area contributed by atoms with Gasteiger partial charge in [-0.15, -0.1) is 23.1 Å². The molecule has 3 rings (SSSR count). The van der Waals surface area contributed by atoms with Gasteiger partial charge in [0.2, 0.25) is 5.91 Å². The molecule has 1 aromatic carbocycles. The molecule has 27 heavy (non-hydrogen) atoms. The van der Waals surface area contributed by atoms with Crippen molar-refractivity contribution in [2.75, 3.05) is 13.1 Å². The largest absolute Gasteiger partial charge is 0.334 e. The van der Waals surface area contributed by atoms with E-state index in [9.17, 15) is 9.59 Å². The molecule has 0 saturated carbocycles. The third kappa shape index (κ3) is 4.38. The zero-order valence-corrected chi connectivity index (χ0v) is 17.8. The number of thioether (sulfide) groups is 1. The molecule has 2 amide bonds. The van der Waals surface area contributed by atoms with Gasteiger partial charge in [-0.3, -0.25) is 9.59 Å². The van der Waals surface area contributed by atoms with E-state index >= 15 is 0 Å². The second-order valence-electron chi connectivity index (χ2n) is 7.15. The van der Waals surface area contributed by atoms with Crippen LogP contribution in [0.3, 0.4) is 0 Å². The first-order valence-corrected chi connectivity index (χ1v) is 11.1. The van der Waals surface area contributed by atoms with Crippen LogP contribution in [0.5, 0.6) is 0 Å². The summed E-state index contributed by atoms with van der Waals surface area (Å²) in [7, 11) is 0. The van der Waals surface area contributed by atoms with Crippen molar-refractivity contribution < 1.29 is 9.59 Å². The summed E-state index contributed by atoms with van der Waals surface area (Å²) in [5.74, 6) is 0.193. The van der Waals surface area contributed by atoms with Gasteiger partial charge in [-0.1, -0.05) is 35.9 Å². The standard InChI is InChI=1S/C21H26N2O2S2/c1-14(2)22(20(25)18-9-6-12-26-18)10-11-23-19(24)16(4)27-21(23)17-8-5-7-15(3)13-17/h5-9,12-14,16,21H,10-11H2,1-4H3. The Morgan fingerprint density at radius 2 is 2.04 bits per heavy atom. The van der Waals surface area contributed by atoms with Crippen molar-refractivity contribution in [1.82, 2.24) is 9.80 Å². The molecule has 0 N–H and O–H groups in total. The lowest BCUT2D eigenvalue weighted by molar-refractivity contribution is -0.130. The van der Waals surface area contributed by atoms with Crippen LogP contribution in [0.1, 0.15) is 46.9 Å². The summed E-state index contributed by atoms with van der Waals surface area (Å²) in [6.45, 7) is 9.16. The van der Waals surface area contributed by atoms with E-state index in [4.69, 9.17) is 0 Å². The van der Waals surface area contributed by atoms with Crippen molar-refractivity contribution in [3.05, 3.63) is 57.8 Å². The Kier molecular flexibility index (Phi) is 6.27. The van der Waals surface area contributed by atoms with Crippen LogP contribution in [0.2, 0.25) is 0 Å². The number of rotatable bonds is 6. The number of benzene rings is 1. The topological polar surface area (TPSA) is 40.6 Å². The summed E-state index contributed by atoms with van der Waals surface area (Å²) in [5.41, 5.74) is 2.34. The molecule has 0 aliphatic carbocycles. The lowest BCUT2D eigenvalue weighted by Crippen LogP contribution is -2.43. The average molecular weight is 403 g/mol. The molecule has 2 heterocycles. The van der Waals surface area contributed by atoms with Crippen LogP contribution in [-0.4, -0.2) is 46.0 Å². The van der Waals surface area contributed by atoms with E-state index in [-0.39, 0.29) is 28.5 Å². The van der Waals surface area contributed by atoms with Gasteiger partial charge in [-0.2, -0.15) is 0 Å². The summed E-state index contributed by atoms with van der Waals surface area (Å²) < 4.78 is 0. The van der Waals surface area contributed by atoms with E-state index in [1.807, 2.05) is 54.2 Å². The maximum atomic E-state index is 12.8. The molecule has 144 valence electrons. The van der Waals surface area contributed by atoms with Crippen molar-refractivity contribution >= 4 is 34.9 Å². The summed E-state index contributed by atoms with van der Waals surface area (Å²) in [5, 5.41) is 1.87. The first kappa shape index (κ1) is 20.0.